The second-order valence-corrected chi connectivity index (χ2v) is 5.25. The first-order valence-electron chi connectivity index (χ1n) is 5.82. The summed E-state index contributed by atoms with van der Waals surface area (Å²) in [5.41, 5.74) is 0.501. The van der Waals surface area contributed by atoms with E-state index < -0.39 is 0 Å². The molecular formula is C12H15N3O2S. The minimum Gasteiger partial charge on any atom is -0.349 e. The largest absolute Gasteiger partial charge is 0.349 e. The summed E-state index contributed by atoms with van der Waals surface area (Å²) in [5.74, 6) is -0.135. The minimum atomic E-state index is -0.198. The lowest BCUT2D eigenvalue weighted by molar-refractivity contribution is 0.0943. The van der Waals surface area contributed by atoms with Gasteiger partial charge in [0, 0.05) is 6.04 Å². The first-order chi connectivity index (χ1) is 8.54. The van der Waals surface area contributed by atoms with Gasteiger partial charge in [-0.05, 0) is 25.8 Å². The van der Waals surface area contributed by atoms with Gasteiger partial charge in [-0.2, -0.15) is 0 Å². The van der Waals surface area contributed by atoms with Gasteiger partial charge in [0.05, 0.1) is 16.6 Å². The number of aromatic nitrogens is 2. The standard InChI is InChI=1S/C12H15N3O2S/c1-4-6(2)15-11(17)9-7(3)8-10(16)13-5-14-12(8)18-9/h5-6H,4H2,1-3H3,(H,15,17)(H,13,14,16). The van der Waals surface area contributed by atoms with Crippen LogP contribution in [0.3, 0.4) is 0 Å². The quantitative estimate of drug-likeness (QED) is 0.889. The topological polar surface area (TPSA) is 74.8 Å². The predicted octanol–water partition coefficient (Wildman–Crippen LogP) is 1.82. The number of aryl methyl sites for hydroxylation is 1. The highest BCUT2D eigenvalue weighted by Gasteiger charge is 2.18. The van der Waals surface area contributed by atoms with Gasteiger partial charge in [0.25, 0.3) is 11.5 Å². The Labute approximate surface area is 108 Å². The van der Waals surface area contributed by atoms with Crippen molar-refractivity contribution in [3.63, 3.8) is 0 Å². The maximum atomic E-state index is 12.1. The van der Waals surface area contributed by atoms with Crippen LogP contribution < -0.4 is 10.9 Å². The molecule has 0 saturated heterocycles. The number of hydrogen-bond acceptors (Lipinski definition) is 4. The molecule has 1 unspecified atom stereocenters. The van der Waals surface area contributed by atoms with Crippen molar-refractivity contribution < 1.29 is 4.79 Å². The van der Waals surface area contributed by atoms with E-state index in [4.69, 9.17) is 0 Å². The molecule has 2 heterocycles. The van der Waals surface area contributed by atoms with Gasteiger partial charge in [-0.1, -0.05) is 6.92 Å². The van der Waals surface area contributed by atoms with Crippen molar-refractivity contribution in [3.05, 3.63) is 27.1 Å². The molecule has 2 aromatic rings. The third kappa shape index (κ3) is 2.15. The van der Waals surface area contributed by atoms with E-state index >= 15 is 0 Å². The van der Waals surface area contributed by atoms with Crippen LogP contribution in [-0.2, 0) is 0 Å². The van der Waals surface area contributed by atoms with Gasteiger partial charge in [-0.3, -0.25) is 9.59 Å². The van der Waals surface area contributed by atoms with Crippen LogP contribution in [0.25, 0.3) is 10.2 Å². The molecule has 96 valence electrons. The molecule has 0 bridgehead atoms. The monoisotopic (exact) mass is 265 g/mol. The number of nitrogens with zero attached hydrogens (tertiary/aromatic N) is 1. The summed E-state index contributed by atoms with van der Waals surface area (Å²) in [6.07, 6.45) is 2.23. The molecule has 0 aliphatic carbocycles. The summed E-state index contributed by atoms with van der Waals surface area (Å²) in [4.78, 5) is 31.6. The van der Waals surface area contributed by atoms with E-state index in [9.17, 15) is 9.59 Å². The molecule has 0 saturated carbocycles. The molecule has 0 radical (unpaired) electrons. The number of aromatic amines is 1. The Hall–Kier alpha value is -1.69. The fourth-order valence-corrected chi connectivity index (χ4v) is 2.74. The Morgan fingerprint density at radius 3 is 2.94 bits per heavy atom. The number of thiophene rings is 1. The van der Waals surface area contributed by atoms with E-state index in [0.29, 0.717) is 20.7 Å². The molecule has 0 spiro atoms. The summed E-state index contributed by atoms with van der Waals surface area (Å²) in [6, 6.07) is 0.119. The normalized spacial score (nSPS) is 12.6. The Morgan fingerprint density at radius 1 is 1.61 bits per heavy atom. The number of carbonyl (C=O) groups excluding carboxylic acids is 1. The Morgan fingerprint density at radius 2 is 2.33 bits per heavy atom. The zero-order valence-electron chi connectivity index (χ0n) is 10.5. The van der Waals surface area contributed by atoms with Crippen LogP contribution in [0.5, 0.6) is 0 Å². The highest BCUT2D eigenvalue weighted by molar-refractivity contribution is 7.20. The van der Waals surface area contributed by atoms with Gasteiger partial charge in [-0.25, -0.2) is 4.98 Å². The van der Waals surface area contributed by atoms with Gasteiger partial charge < -0.3 is 10.3 Å². The van der Waals surface area contributed by atoms with Crippen LogP contribution in [0.15, 0.2) is 11.1 Å². The van der Waals surface area contributed by atoms with Gasteiger partial charge >= 0.3 is 0 Å². The minimum absolute atomic E-state index is 0.119. The van der Waals surface area contributed by atoms with Crippen LogP contribution >= 0.6 is 11.3 Å². The second-order valence-electron chi connectivity index (χ2n) is 4.25. The Kier molecular flexibility index (Phi) is 3.47. The number of fused-ring (bicyclic) bond motifs is 1. The van der Waals surface area contributed by atoms with Crippen molar-refractivity contribution in [3.8, 4) is 0 Å². The summed E-state index contributed by atoms with van der Waals surface area (Å²) < 4.78 is 0. The van der Waals surface area contributed by atoms with Crippen LogP contribution in [0.1, 0.15) is 35.5 Å². The van der Waals surface area contributed by atoms with E-state index in [1.807, 2.05) is 13.8 Å². The molecule has 1 atom stereocenters. The van der Waals surface area contributed by atoms with Gasteiger partial charge in [0.2, 0.25) is 0 Å². The Balaban J connectivity index is 2.47. The van der Waals surface area contributed by atoms with E-state index in [1.54, 1.807) is 6.92 Å². The third-order valence-electron chi connectivity index (χ3n) is 2.93. The maximum absolute atomic E-state index is 12.1. The van der Waals surface area contributed by atoms with Crippen LogP contribution in [0, 0.1) is 6.92 Å². The average Bonchev–Trinajstić information content (AvgIpc) is 2.68. The molecule has 1 amide bonds. The van der Waals surface area contributed by atoms with Gasteiger partial charge in [-0.15, -0.1) is 11.3 Å². The molecule has 2 rings (SSSR count). The molecule has 0 aliphatic heterocycles. The fraction of sp³-hybridized carbons (Fsp3) is 0.417. The van der Waals surface area contributed by atoms with Crippen LogP contribution in [0.2, 0.25) is 0 Å². The molecule has 0 fully saturated rings. The summed E-state index contributed by atoms with van der Waals surface area (Å²) >= 11 is 1.26. The number of hydrogen-bond donors (Lipinski definition) is 2. The number of H-pyrrole nitrogens is 1. The van der Waals surface area contributed by atoms with E-state index in [-0.39, 0.29) is 17.5 Å². The maximum Gasteiger partial charge on any atom is 0.261 e. The first-order valence-corrected chi connectivity index (χ1v) is 6.63. The SMILES string of the molecule is CCC(C)NC(=O)c1sc2nc[nH]c(=O)c2c1C. The molecule has 2 N–H and O–H groups in total. The fourth-order valence-electron chi connectivity index (χ4n) is 1.69. The summed E-state index contributed by atoms with van der Waals surface area (Å²) in [6.45, 7) is 5.74. The Bertz CT molecular complexity index is 644. The summed E-state index contributed by atoms with van der Waals surface area (Å²) in [7, 11) is 0. The molecule has 5 nitrogen and oxygen atoms in total. The number of rotatable bonds is 3. The molecule has 18 heavy (non-hydrogen) atoms. The molecule has 0 aliphatic rings. The van der Waals surface area contributed by atoms with Crippen LogP contribution in [-0.4, -0.2) is 21.9 Å². The van der Waals surface area contributed by atoms with Crippen molar-refractivity contribution in [2.24, 2.45) is 0 Å². The van der Waals surface area contributed by atoms with E-state index in [1.165, 1.54) is 17.7 Å². The molecule has 0 aromatic carbocycles. The van der Waals surface area contributed by atoms with Gasteiger partial charge in [0.15, 0.2) is 0 Å². The van der Waals surface area contributed by atoms with Crippen LogP contribution in [0.4, 0.5) is 0 Å². The average molecular weight is 265 g/mol. The number of carbonyl (C=O) groups is 1. The zero-order valence-corrected chi connectivity index (χ0v) is 11.4. The van der Waals surface area contributed by atoms with E-state index in [2.05, 4.69) is 15.3 Å². The van der Waals surface area contributed by atoms with Gasteiger partial charge in [0.1, 0.15) is 4.83 Å². The lowest BCUT2D eigenvalue weighted by atomic mass is 10.2. The van der Waals surface area contributed by atoms with Crippen molar-refractivity contribution in [2.45, 2.75) is 33.2 Å². The molecule has 6 heteroatoms. The van der Waals surface area contributed by atoms with Crippen molar-refractivity contribution >= 4 is 27.5 Å². The lowest BCUT2D eigenvalue weighted by Crippen LogP contribution is -2.31. The zero-order chi connectivity index (χ0) is 13.3. The first kappa shape index (κ1) is 12.8. The van der Waals surface area contributed by atoms with Crippen molar-refractivity contribution in [2.75, 3.05) is 0 Å². The molecule has 2 aromatic heterocycles. The van der Waals surface area contributed by atoms with E-state index in [0.717, 1.165) is 6.42 Å². The summed E-state index contributed by atoms with van der Waals surface area (Å²) in [5, 5.41) is 3.41. The number of nitrogens with one attached hydrogen (secondary N) is 2. The smallest absolute Gasteiger partial charge is 0.261 e. The highest BCUT2D eigenvalue weighted by atomic mass is 32.1. The second kappa shape index (κ2) is 4.89. The van der Waals surface area contributed by atoms with Crippen molar-refractivity contribution in [1.82, 2.24) is 15.3 Å². The third-order valence-corrected chi connectivity index (χ3v) is 4.13. The number of amides is 1. The highest BCUT2D eigenvalue weighted by Crippen LogP contribution is 2.26. The van der Waals surface area contributed by atoms with Crippen molar-refractivity contribution in [1.29, 1.82) is 0 Å². The predicted molar refractivity (Wildman–Crippen MR) is 72.2 cm³/mol. The molecular weight excluding hydrogens is 250 g/mol. The lowest BCUT2D eigenvalue weighted by Gasteiger charge is -2.10.